The van der Waals surface area contributed by atoms with Gasteiger partial charge in [0.15, 0.2) is 0 Å². The lowest BCUT2D eigenvalue weighted by molar-refractivity contribution is 0.266. The Bertz CT molecular complexity index is 5940. The van der Waals surface area contributed by atoms with Gasteiger partial charge in [0.25, 0.3) is 0 Å². The predicted octanol–water partition coefficient (Wildman–Crippen LogP) is 9.71. The number of hydrogen-bond acceptors (Lipinski definition) is 16. The van der Waals surface area contributed by atoms with Gasteiger partial charge in [0.2, 0.25) is 0 Å². The van der Waals surface area contributed by atoms with Crippen molar-refractivity contribution in [1.29, 1.82) is 0 Å². The fourth-order valence-electron chi connectivity index (χ4n) is 15.9. The summed E-state index contributed by atoms with van der Waals surface area (Å²) in [4.78, 5) is 26.5. The summed E-state index contributed by atoms with van der Waals surface area (Å²) in [5, 5.41) is 9.21. The first-order valence-electron chi connectivity index (χ1n) is 36.5. The minimum Gasteiger partial charge on any atom is -0.455 e. The summed E-state index contributed by atoms with van der Waals surface area (Å²) >= 11 is 0. The molecule has 4 aromatic heterocycles. The van der Waals surface area contributed by atoms with Gasteiger partial charge in [0.05, 0.1) is 47.4 Å². The van der Waals surface area contributed by atoms with E-state index in [1.165, 1.54) is 70.8 Å². The Morgan fingerprint density at radius 2 is 0.667 bits per heavy atom. The van der Waals surface area contributed by atoms with Crippen LogP contribution >= 0.6 is 0 Å². The van der Waals surface area contributed by atoms with E-state index in [-0.39, 0.29) is 52.6 Å². The number of anilines is 6. The lowest BCUT2D eigenvalue weighted by atomic mass is 9.69. The van der Waals surface area contributed by atoms with E-state index in [4.69, 9.17) is 21.8 Å². The molecule has 8 aromatic carbocycles. The van der Waals surface area contributed by atoms with Gasteiger partial charge in [-0.05, 0) is 129 Å². The molecule has 0 unspecified atom stereocenters. The maximum Gasteiger partial charge on any atom is 0.405 e. The zero-order valence-corrected chi connectivity index (χ0v) is 58.7. The fourth-order valence-corrected chi connectivity index (χ4v) is 15.9. The fraction of sp³-hybridized carbons (Fsp3) is 0.171. The Labute approximate surface area is 599 Å². The summed E-state index contributed by atoms with van der Waals surface area (Å²) in [6.45, 7) is 6.82. The minimum absolute atomic E-state index is 0.0721. The van der Waals surface area contributed by atoms with Crippen LogP contribution in [0.3, 0.4) is 0 Å². The standard InChI is InChI=1S/C25H22BN3O.C21H20BN3O.C20H20BN3O.C16H18BN3O/c1-18-28(19-10-4-3-5-11-19)22-13-7-8-14-23(22)29(18)26-16-21-20-12-6-9-15-24(20)30-25(21)17-27(26)2;1-16-24(17-8-4-3-5-9-17)12-13-25(16)22-14-19-18-10-6-7-11-20(18)26-21(19)15-23(22)2;1-14-23(3)17-9-5-6-10-18(17)24(14)21-12-16-15-8-4-7-11-19(15)25-20(16)13-22(21)2;1-12-18(2)8-9-20(12)17-10-14-13-6-4-5-7-15(13)21-16(14)11-19(17)3/h3-18H,1-2H3;3-16H,1-2H3;4-14H,1-3H3;4-12H,1-3H3/t18-;16-;14-;12-/m0000/s1/i;;;2D3. The Kier molecular flexibility index (Phi) is 15.2. The molecule has 0 radical (unpaired) electrons. The van der Waals surface area contributed by atoms with Crippen molar-refractivity contribution in [2.45, 2.75) is 52.4 Å². The second-order valence-electron chi connectivity index (χ2n) is 27.3. The molecule has 8 aliphatic heterocycles. The van der Waals surface area contributed by atoms with E-state index in [2.05, 4.69) is 293 Å². The summed E-state index contributed by atoms with van der Waals surface area (Å²) in [5.41, 5.74) is 14.7. The zero-order chi connectivity index (χ0) is 72.1. The number of hydrogen-bond donors (Lipinski definition) is 0. The van der Waals surface area contributed by atoms with Gasteiger partial charge >= 0.3 is 27.9 Å². The van der Waals surface area contributed by atoms with Crippen molar-refractivity contribution in [3.8, 4) is 0 Å². The first-order valence-corrected chi connectivity index (χ1v) is 35.0. The molecule has 20 rings (SSSR count). The van der Waals surface area contributed by atoms with Crippen LogP contribution in [-0.2, 0) is 0 Å². The van der Waals surface area contributed by atoms with Gasteiger partial charge in [-0.3, -0.25) is 0 Å². The quantitative estimate of drug-likeness (QED) is 0.148. The third kappa shape index (κ3) is 10.9. The van der Waals surface area contributed by atoms with E-state index >= 15 is 0 Å². The lowest BCUT2D eigenvalue weighted by Crippen LogP contribution is -2.56. The smallest absolute Gasteiger partial charge is 0.405 e. The molecule has 16 nitrogen and oxygen atoms in total. The molecule has 0 saturated heterocycles. The third-order valence-electron chi connectivity index (χ3n) is 21.3. The second-order valence-corrected chi connectivity index (χ2v) is 27.3. The molecule has 0 N–H and O–H groups in total. The van der Waals surface area contributed by atoms with E-state index in [1.54, 1.807) is 6.20 Å². The molecular weight excluding hydrogens is 1260 g/mol. The third-order valence-corrected chi connectivity index (χ3v) is 21.3. The Morgan fingerprint density at radius 1 is 0.324 bits per heavy atom. The van der Waals surface area contributed by atoms with E-state index in [0.29, 0.717) is 0 Å². The highest BCUT2D eigenvalue weighted by atomic mass is 16.3. The van der Waals surface area contributed by atoms with E-state index < -0.39 is 6.98 Å². The van der Waals surface area contributed by atoms with Crippen LogP contribution in [-0.4, -0.2) is 129 Å². The Morgan fingerprint density at radius 3 is 1.11 bits per heavy atom. The predicted molar refractivity (Wildman–Crippen MR) is 423 cm³/mol. The summed E-state index contributed by atoms with van der Waals surface area (Å²) < 4.78 is 47.0. The molecule has 20 heteroatoms. The van der Waals surface area contributed by atoms with Crippen LogP contribution < -0.4 is 66.9 Å². The number of fused-ring (bicyclic) bond motifs is 14. The van der Waals surface area contributed by atoms with Crippen molar-refractivity contribution in [3.63, 3.8) is 0 Å². The van der Waals surface area contributed by atoms with Crippen molar-refractivity contribution in [1.82, 2.24) is 33.8 Å². The highest BCUT2D eigenvalue weighted by Crippen LogP contribution is 2.45. The van der Waals surface area contributed by atoms with Crippen molar-refractivity contribution >= 4 is 155 Å². The number of para-hydroxylation sites is 10. The molecule has 0 bridgehead atoms. The molecule has 12 heterocycles. The molecule has 0 saturated carbocycles. The van der Waals surface area contributed by atoms with Crippen LogP contribution in [0.4, 0.5) is 34.1 Å². The van der Waals surface area contributed by atoms with Gasteiger partial charge < -0.3 is 75.8 Å². The molecular formula is C82H80B4N12O4. The molecule has 0 fully saturated rings. The molecule has 0 amide bonds. The summed E-state index contributed by atoms with van der Waals surface area (Å²) in [7, 11) is 10.5. The van der Waals surface area contributed by atoms with Gasteiger partial charge in [-0.2, -0.15) is 0 Å². The van der Waals surface area contributed by atoms with E-state index in [1.807, 2.05) is 96.7 Å². The molecule has 4 atom stereocenters. The van der Waals surface area contributed by atoms with Crippen molar-refractivity contribution < 1.29 is 21.8 Å². The van der Waals surface area contributed by atoms with Gasteiger partial charge in [-0.25, -0.2) is 0 Å². The normalized spacial score (nSPS) is 19.5. The van der Waals surface area contributed by atoms with E-state index in [0.717, 1.165) is 54.6 Å². The maximum absolute atomic E-state index is 7.65. The van der Waals surface area contributed by atoms with Crippen LogP contribution in [0, 0.1) is 0 Å². The average molecular weight is 1340 g/mol. The van der Waals surface area contributed by atoms with Crippen LogP contribution in [0.15, 0.2) is 249 Å². The SMILES string of the molecule is C[C@@H]1N(B2C=c3c(oc4ccccc34)=CN2C)C=CN1c1ccccc1.C[C@@H]1N(B2C=c3c(oc4ccccc34)=CN2C)c2ccccc2N1c1ccccc1.C[C@H]1N(C)c2ccccc2N1B1C=c2c(oc3ccccc23)=CN1C.[2H]C([2H])([2H])N1C=CN(B2C=c3c(oc4ccccc34)=CN2C)[C@H]1C. The van der Waals surface area contributed by atoms with Crippen molar-refractivity contribution in [3.05, 3.63) is 274 Å². The zero-order valence-electron chi connectivity index (χ0n) is 61.7. The molecule has 504 valence electrons. The lowest BCUT2D eigenvalue weighted by Gasteiger charge is -2.37. The average Bonchev–Trinajstić information content (AvgIpc) is 1.64. The van der Waals surface area contributed by atoms with Gasteiger partial charge in [-0.15, -0.1) is 0 Å². The van der Waals surface area contributed by atoms with Gasteiger partial charge in [0, 0.05) is 122 Å². The Balaban J connectivity index is 0.000000104. The van der Waals surface area contributed by atoms with Crippen LogP contribution in [0.1, 0.15) is 31.8 Å². The first-order chi connectivity index (χ1) is 50.9. The molecule has 102 heavy (non-hydrogen) atoms. The number of rotatable bonds is 6. The highest BCUT2D eigenvalue weighted by Gasteiger charge is 2.43. The number of benzene rings is 8. The summed E-state index contributed by atoms with van der Waals surface area (Å²) in [5.74, 6) is 9.10. The molecule has 12 aromatic rings. The van der Waals surface area contributed by atoms with E-state index in [9.17, 15) is 0 Å². The van der Waals surface area contributed by atoms with Crippen LogP contribution in [0.5, 0.6) is 0 Å². The monoisotopic (exact) mass is 1340 g/mol. The molecule has 0 spiro atoms. The van der Waals surface area contributed by atoms with Crippen LogP contribution in [0.25, 0.3) is 92.6 Å². The first kappa shape index (κ1) is 60.2. The Hall–Kier alpha value is -11.8. The van der Waals surface area contributed by atoms with Crippen LogP contribution in [0.2, 0.25) is 0 Å². The maximum atomic E-state index is 7.65. The highest BCUT2D eigenvalue weighted by molar-refractivity contribution is 6.76. The topological polar surface area (TPSA) is 91.4 Å². The second kappa shape index (κ2) is 25.7. The van der Waals surface area contributed by atoms with Crippen molar-refractivity contribution in [2.24, 2.45) is 0 Å². The largest absolute Gasteiger partial charge is 0.455 e. The molecule has 0 aliphatic carbocycles. The van der Waals surface area contributed by atoms with Crippen molar-refractivity contribution in [2.75, 3.05) is 66.5 Å². The van der Waals surface area contributed by atoms with Gasteiger partial charge in [-0.1, -0.05) is 157 Å². The number of nitrogens with zero attached hydrogens (tertiary/aromatic N) is 12. The summed E-state index contributed by atoms with van der Waals surface area (Å²) in [6, 6.07) is 71.1. The van der Waals surface area contributed by atoms with Gasteiger partial charge in [0.1, 0.15) is 44.0 Å². The summed E-state index contributed by atoms with van der Waals surface area (Å²) in [6.07, 6.45) is 16.6. The molecule has 8 aliphatic rings. The number of furan rings is 4. The minimum atomic E-state index is -2.14.